The van der Waals surface area contributed by atoms with Gasteiger partial charge in [-0.05, 0) is 31.4 Å². The van der Waals surface area contributed by atoms with Crippen molar-refractivity contribution >= 4 is 5.78 Å². The molecule has 2 atom stereocenters. The van der Waals surface area contributed by atoms with E-state index >= 15 is 0 Å². The molecule has 1 aromatic carbocycles. The number of aryl methyl sites for hydroxylation is 1. The molecule has 2 nitrogen and oxygen atoms in total. The quantitative estimate of drug-likeness (QED) is 0.812. The van der Waals surface area contributed by atoms with Crippen molar-refractivity contribution in [3.05, 3.63) is 47.0 Å². The average molecular weight is 244 g/mol. The lowest BCUT2D eigenvalue weighted by atomic mass is 9.69. The summed E-state index contributed by atoms with van der Waals surface area (Å²) in [6.07, 6.45) is 3.13. The molecule has 0 bridgehead atoms. The normalized spacial score (nSPS) is 25.8. The van der Waals surface area contributed by atoms with Gasteiger partial charge in [0.2, 0.25) is 0 Å². The zero-order valence-electron chi connectivity index (χ0n) is 11.2. The molecule has 0 aliphatic heterocycles. The molecule has 0 saturated heterocycles. The Morgan fingerprint density at radius 2 is 2.06 bits per heavy atom. The van der Waals surface area contributed by atoms with Crippen molar-refractivity contribution in [3.63, 3.8) is 0 Å². The number of carbonyl (C=O) groups excluding carboxylic acids is 1. The Morgan fingerprint density at radius 1 is 1.39 bits per heavy atom. The van der Waals surface area contributed by atoms with E-state index in [4.69, 9.17) is 0 Å². The smallest absolute Gasteiger partial charge is 0.169 e. The molecule has 96 valence electrons. The van der Waals surface area contributed by atoms with E-state index < -0.39 is 5.60 Å². The molecule has 0 aromatic heterocycles. The van der Waals surface area contributed by atoms with Gasteiger partial charge in [0.1, 0.15) is 0 Å². The summed E-state index contributed by atoms with van der Waals surface area (Å²) in [5.41, 5.74) is 1.57. The molecule has 0 spiro atoms. The number of Topliss-reactive ketones (excluding diaryl/α,β-unsaturated/α-hetero) is 1. The van der Waals surface area contributed by atoms with Crippen molar-refractivity contribution in [3.8, 4) is 0 Å². The Kier molecular flexibility index (Phi) is 3.40. The van der Waals surface area contributed by atoms with Crippen LogP contribution in [0.2, 0.25) is 0 Å². The van der Waals surface area contributed by atoms with Crippen LogP contribution in [0.5, 0.6) is 0 Å². The third kappa shape index (κ3) is 1.81. The Hall–Kier alpha value is -1.41. The minimum Gasteiger partial charge on any atom is -0.377 e. The van der Waals surface area contributed by atoms with Gasteiger partial charge in [-0.3, -0.25) is 4.79 Å². The number of hydrogen-bond acceptors (Lipinski definition) is 2. The lowest BCUT2D eigenvalue weighted by Crippen LogP contribution is -2.45. The van der Waals surface area contributed by atoms with Crippen LogP contribution in [0.25, 0.3) is 0 Å². The standard InChI is InChI=1S/C16H20O2/c1-4-11(2)12(3)16(18)14-8-6-5-7-13(14)9-10-15(16)17/h4-8,12,18H,9-10H2,1-3H3/b11-4+/t12-,16+/m1/s1. The van der Waals surface area contributed by atoms with Crippen LogP contribution >= 0.6 is 0 Å². The van der Waals surface area contributed by atoms with Crippen molar-refractivity contribution in [2.75, 3.05) is 0 Å². The van der Waals surface area contributed by atoms with Gasteiger partial charge in [0.05, 0.1) is 0 Å². The fourth-order valence-electron chi connectivity index (χ4n) is 2.75. The first-order valence-electron chi connectivity index (χ1n) is 6.48. The summed E-state index contributed by atoms with van der Waals surface area (Å²) >= 11 is 0. The van der Waals surface area contributed by atoms with Crippen LogP contribution < -0.4 is 0 Å². The highest BCUT2D eigenvalue weighted by Gasteiger charge is 2.46. The molecule has 0 fully saturated rings. The molecular formula is C16H20O2. The van der Waals surface area contributed by atoms with Gasteiger partial charge in [0, 0.05) is 12.3 Å². The van der Waals surface area contributed by atoms with E-state index in [9.17, 15) is 9.90 Å². The molecular weight excluding hydrogens is 224 g/mol. The summed E-state index contributed by atoms with van der Waals surface area (Å²) < 4.78 is 0. The van der Waals surface area contributed by atoms with Crippen molar-refractivity contribution in [2.45, 2.75) is 39.2 Å². The first-order chi connectivity index (χ1) is 8.51. The van der Waals surface area contributed by atoms with Gasteiger partial charge in [-0.1, -0.05) is 42.8 Å². The highest BCUT2D eigenvalue weighted by Crippen LogP contribution is 2.41. The van der Waals surface area contributed by atoms with E-state index in [1.807, 2.05) is 51.1 Å². The van der Waals surface area contributed by atoms with E-state index in [1.54, 1.807) is 0 Å². The minimum atomic E-state index is -1.36. The van der Waals surface area contributed by atoms with Gasteiger partial charge >= 0.3 is 0 Å². The Morgan fingerprint density at radius 3 is 2.72 bits per heavy atom. The molecule has 1 N–H and O–H groups in total. The number of hydrogen-bond donors (Lipinski definition) is 1. The van der Waals surface area contributed by atoms with E-state index in [0.717, 1.165) is 23.1 Å². The molecule has 0 unspecified atom stereocenters. The summed E-state index contributed by atoms with van der Waals surface area (Å²) in [6, 6.07) is 7.73. The third-order valence-electron chi connectivity index (χ3n) is 4.24. The average Bonchev–Trinajstić information content (AvgIpc) is 2.41. The largest absolute Gasteiger partial charge is 0.377 e. The number of fused-ring (bicyclic) bond motifs is 1. The monoisotopic (exact) mass is 244 g/mol. The highest BCUT2D eigenvalue weighted by molar-refractivity contribution is 5.91. The maximum absolute atomic E-state index is 12.3. The number of carbonyl (C=O) groups is 1. The van der Waals surface area contributed by atoms with Crippen LogP contribution in [0, 0.1) is 5.92 Å². The lowest BCUT2D eigenvalue weighted by Gasteiger charge is -2.38. The molecule has 1 aliphatic carbocycles. The fraction of sp³-hybridized carbons (Fsp3) is 0.438. The SMILES string of the molecule is C/C=C(\C)[C@@H](C)[C@@]1(O)C(=O)CCc2ccccc21. The summed E-state index contributed by atoms with van der Waals surface area (Å²) in [6.45, 7) is 5.83. The van der Waals surface area contributed by atoms with Crippen LogP contribution in [0.3, 0.4) is 0 Å². The second kappa shape index (κ2) is 4.69. The van der Waals surface area contributed by atoms with Gasteiger partial charge < -0.3 is 5.11 Å². The number of rotatable bonds is 2. The molecule has 2 rings (SSSR count). The Labute approximate surface area is 108 Å². The summed E-state index contributed by atoms with van der Waals surface area (Å²) in [4.78, 5) is 12.3. The predicted octanol–water partition coefficient (Wildman–Crippen LogP) is 2.99. The summed E-state index contributed by atoms with van der Waals surface area (Å²) in [5.74, 6) is -0.244. The van der Waals surface area contributed by atoms with E-state index in [1.165, 1.54) is 0 Å². The van der Waals surface area contributed by atoms with E-state index in [0.29, 0.717) is 6.42 Å². The molecule has 2 heteroatoms. The fourth-order valence-corrected chi connectivity index (χ4v) is 2.75. The molecule has 1 aliphatic rings. The van der Waals surface area contributed by atoms with Gasteiger partial charge in [-0.15, -0.1) is 0 Å². The maximum Gasteiger partial charge on any atom is 0.169 e. The number of aliphatic hydroxyl groups is 1. The Bertz CT molecular complexity index is 502. The van der Waals surface area contributed by atoms with Gasteiger partial charge in [0.15, 0.2) is 11.4 Å². The number of allylic oxidation sites excluding steroid dienone is 1. The second-order valence-electron chi connectivity index (χ2n) is 5.10. The summed E-state index contributed by atoms with van der Waals surface area (Å²) in [7, 11) is 0. The van der Waals surface area contributed by atoms with Gasteiger partial charge in [0.25, 0.3) is 0 Å². The van der Waals surface area contributed by atoms with Crippen LogP contribution in [-0.4, -0.2) is 10.9 Å². The van der Waals surface area contributed by atoms with Gasteiger partial charge in [-0.2, -0.15) is 0 Å². The highest BCUT2D eigenvalue weighted by atomic mass is 16.3. The molecule has 0 saturated carbocycles. The van der Waals surface area contributed by atoms with Crippen LogP contribution in [0.4, 0.5) is 0 Å². The zero-order chi connectivity index (χ0) is 13.3. The number of benzene rings is 1. The maximum atomic E-state index is 12.3. The topological polar surface area (TPSA) is 37.3 Å². The summed E-state index contributed by atoms with van der Waals surface area (Å²) in [5, 5.41) is 11.0. The van der Waals surface area contributed by atoms with Crippen molar-refractivity contribution < 1.29 is 9.90 Å². The molecule has 18 heavy (non-hydrogen) atoms. The van der Waals surface area contributed by atoms with Crippen molar-refractivity contribution in [1.29, 1.82) is 0 Å². The van der Waals surface area contributed by atoms with E-state index in [-0.39, 0.29) is 11.7 Å². The first-order valence-corrected chi connectivity index (χ1v) is 6.48. The minimum absolute atomic E-state index is 0.0603. The molecule has 0 heterocycles. The van der Waals surface area contributed by atoms with Crippen LogP contribution in [0.15, 0.2) is 35.9 Å². The molecule has 1 aromatic rings. The zero-order valence-corrected chi connectivity index (χ0v) is 11.2. The predicted molar refractivity (Wildman–Crippen MR) is 72.3 cm³/mol. The third-order valence-corrected chi connectivity index (χ3v) is 4.24. The second-order valence-corrected chi connectivity index (χ2v) is 5.10. The number of ketones is 1. The first kappa shape index (κ1) is 13.0. The van der Waals surface area contributed by atoms with Crippen LogP contribution in [0.1, 0.15) is 38.3 Å². The van der Waals surface area contributed by atoms with Crippen molar-refractivity contribution in [1.82, 2.24) is 0 Å². The van der Waals surface area contributed by atoms with Crippen molar-refractivity contribution in [2.24, 2.45) is 5.92 Å². The molecule has 0 radical (unpaired) electrons. The lowest BCUT2D eigenvalue weighted by molar-refractivity contribution is -0.144. The Balaban J connectivity index is 2.57. The van der Waals surface area contributed by atoms with Crippen LogP contribution in [-0.2, 0) is 16.8 Å². The molecule has 0 amide bonds. The van der Waals surface area contributed by atoms with E-state index in [2.05, 4.69) is 0 Å². The van der Waals surface area contributed by atoms with Gasteiger partial charge in [-0.25, -0.2) is 0 Å².